The van der Waals surface area contributed by atoms with Gasteiger partial charge in [-0.3, -0.25) is 0 Å². The molecular weight excluding hydrogens is 164 g/mol. The molecule has 2 N–H and O–H groups in total. The minimum Gasteiger partial charge on any atom is -0.383 e. The summed E-state index contributed by atoms with van der Waals surface area (Å²) in [5.74, 6) is 0. The SMILES string of the molecule is COCCNCC1(C)CCNCC1. The number of piperidine rings is 1. The van der Waals surface area contributed by atoms with Gasteiger partial charge < -0.3 is 15.4 Å². The monoisotopic (exact) mass is 186 g/mol. The Labute approximate surface area is 81.2 Å². The molecule has 0 saturated carbocycles. The summed E-state index contributed by atoms with van der Waals surface area (Å²) in [5, 5.41) is 6.83. The van der Waals surface area contributed by atoms with E-state index in [1.54, 1.807) is 7.11 Å². The molecule has 0 aliphatic carbocycles. The smallest absolute Gasteiger partial charge is 0.0587 e. The average molecular weight is 186 g/mol. The molecule has 1 saturated heterocycles. The first-order valence-electron chi connectivity index (χ1n) is 5.17. The summed E-state index contributed by atoms with van der Waals surface area (Å²) in [7, 11) is 1.74. The number of rotatable bonds is 5. The lowest BCUT2D eigenvalue weighted by molar-refractivity contribution is 0.181. The fourth-order valence-electron chi connectivity index (χ4n) is 1.77. The Morgan fingerprint density at radius 2 is 2.08 bits per heavy atom. The maximum atomic E-state index is 4.99. The van der Waals surface area contributed by atoms with E-state index in [9.17, 15) is 0 Å². The molecule has 0 unspecified atom stereocenters. The summed E-state index contributed by atoms with van der Waals surface area (Å²) in [5.41, 5.74) is 0.499. The third-order valence-electron chi connectivity index (χ3n) is 2.85. The van der Waals surface area contributed by atoms with E-state index in [4.69, 9.17) is 4.74 Å². The first kappa shape index (κ1) is 11.0. The predicted molar refractivity (Wildman–Crippen MR) is 55.0 cm³/mol. The lowest BCUT2D eigenvalue weighted by Gasteiger charge is -2.34. The minimum atomic E-state index is 0.499. The average Bonchev–Trinajstić information content (AvgIpc) is 2.14. The van der Waals surface area contributed by atoms with Crippen molar-refractivity contribution in [1.82, 2.24) is 10.6 Å². The van der Waals surface area contributed by atoms with Crippen molar-refractivity contribution in [3.05, 3.63) is 0 Å². The number of ether oxygens (including phenoxy) is 1. The Bertz CT molecular complexity index is 133. The van der Waals surface area contributed by atoms with Gasteiger partial charge in [0, 0.05) is 20.2 Å². The third-order valence-corrected chi connectivity index (χ3v) is 2.85. The summed E-state index contributed by atoms with van der Waals surface area (Å²) >= 11 is 0. The Kier molecular flexibility index (Phi) is 4.70. The predicted octanol–water partition coefficient (Wildman–Crippen LogP) is 0.612. The maximum absolute atomic E-state index is 4.99. The molecule has 1 aliphatic rings. The van der Waals surface area contributed by atoms with Gasteiger partial charge >= 0.3 is 0 Å². The van der Waals surface area contributed by atoms with Crippen LogP contribution >= 0.6 is 0 Å². The summed E-state index contributed by atoms with van der Waals surface area (Å²) in [6, 6.07) is 0. The van der Waals surface area contributed by atoms with Crippen molar-refractivity contribution in [1.29, 1.82) is 0 Å². The summed E-state index contributed by atoms with van der Waals surface area (Å²) < 4.78 is 4.99. The molecule has 0 aromatic rings. The molecule has 1 rings (SSSR count). The topological polar surface area (TPSA) is 33.3 Å². The number of nitrogens with one attached hydrogen (secondary N) is 2. The van der Waals surface area contributed by atoms with Crippen molar-refractivity contribution < 1.29 is 4.74 Å². The molecule has 3 heteroatoms. The number of hydrogen-bond acceptors (Lipinski definition) is 3. The normalized spacial score (nSPS) is 21.7. The van der Waals surface area contributed by atoms with Crippen LogP contribution in [0.4, 0.5) is 0 Å². The van der Waals surface area contributed by atoms with Gasteiger partial charge in [0.1, 0.15) is 0 Å². The van der Waals surface area contributed by atoms with Crippen molar-refractivity contribution in [2.24, 2.45) is 5.41 Å². The summed E-state index contributed by atoms with van der Waals surface area (Å²) in [4.78, 5) is 0. The zero-order valence-corrected chi connectivity index (χ0v) is 8.86. The number of methoxy groups -OCH3 is 1. The van der Waals surface area contributed by atoms with Gasteiger partial charge in [0.15, 0.2) is 0 Å². The van der Waals surface area contributed by atoms with Crippen LogP contribution in [0.2, 0.25) is 0 Å². The van der Waals surface area contributed by atoms with Gasteiger partial charge in [0.05, 0.1) is 6.61 Å². The van der Waals surface area contributed by atoms with Crippen LogP contribution in [0.5, 0.6) is 0 Å². The Hall–Kier alpha value is -0.120. The van der Waals surface area contributed by atoms with Crippen LogP contribution in [0.3, 0.4) is 0 Å². The summed E-state index contributed by atoms with van der Waals surface area (Å²) in [6.45, 7) is 7.62. The second kappa shape index (κ2) is 5.58. The van der Waals surface area contributed by atoms with Crippen LogP contribution in [-0.2, 0) is 4.74 Å². The largest absolute Gasteiger partial charge is 0.383 e. The Morgan fingerprint density at radius 3 is 2.69 bits per heavy atom. The summed E-state index contributed by atoms with van der Waals surface area (Å²) in [6.07, 6.45) is 2.57. The van der Waals surface area contributed by atoms with Gasteiger partial charge in [-0.15, -0.1) is 0 Å². The minimum absolute atomic E-state index is 0.499. The maximum Gasteiger partial charge on any atom is 0.0587 e. The van der Waals surface area contributed by atoms with E-state index in [2.05, 4.69) is 17.6 Å². The molecule has 0 spiro atoms. The van der Waals surface area contributed by atoms with Crippen LogP contribution < -0.4 is 10.6 Å². The zero-order chi connectivity index (χ0) is 9.57. The highest BCUT2D eigenvalue weighted by atomic mass is 16.5. The van der Waals surface area contributed by atoms with Crippen LogP contribution in [-0.4, -0.2) is 39.9 Å². The molecule has 0 aromatic carbocycles. The number of hydrogen-bond donors (Lipinski definition) is 2. The molecular formula is C10H22N2O. The van der Waals surface area contributed by atoms with Gasteiger partial charge in [-0.25, -0.2) is 0 Å². The molecule has 0 amide bonds. The van der Waals surface area contributed by atoms with Gasteiger partial charge in [-0.1, -0.05) is 6.92 Å². The third kappa shape index (κ3) is 4.07. The lowest BCUT2D eigenvalue weighted by atomic mass is 9.81. The van der Waals surface area contributed by atoms with E-state index in [0.717, 1.165) is 19.7 Å². The molecule has 0 bridgehead atoms. The molecule has 3 nitrogen and oxygen atoms in total. The molecule has 1 fully saturated rings. The van der Waals surface area contributed by atoms with Gasteiger partial charge in [-0.05, 0) is 31.3 Å². The first-order chi connectivity index (χ1) is 6.27. The second-order valence-electron chi connectivity index (χ2n) is 4.23. The van der Waals surface area contributed by atoms with E-state index in [1.165, 1.54) is 25.9 Å². The quantitative estimate of drug-likeness (QED) is 0.617. The Balaban J connectivity index is 2.10. The molecule has 78 valence electrons. The fourth-order valence-corrected chi connectivity index (χ4v) is 1.77. The highest BCUT2D eigenvalue weighted by molar-refractivity contribution is 4.82. The van der Waals surface area contributed by atoms with Crippen molar-refractivity contribution in [3.8, 4) is 0 Å². The van der Waals surface area contributed by atoms with Gasteiger partial charge in [0.2, 0.25) is 0 Å². The fraction of sp³-hybridized carbons (Fsp3) is 1.00. The molecule has 0 radical (unpaired) electrons. The second-order valence-corrected chi connectivity index (χ2v) is 4.23. The zero-order valence-electron chi connectivity index (χ0n) is 8.86. The first-order valence-corrected chi connectivity index (χ1v) is 5.17. The van der Waals surface area contributed by atoms with Crippen molar-refractivity contribution in [2.45, 2.75) is 19.8 Å². The van der Waals surface area contributed by atoms with Gasteiger partial charge in [0.25, 0.3) is 0 Å². The molecule has 0 aromatic heterocycles. The van der Waals surface area contributed by atoms with Crippen LogP contribution in [0, 0.1) is 5.41 Å². The van der Waals surface area contributed by atoms with Gasteiger partial charge in [-0.2, -0.15) is 0 Å². The lowest BCUT2D eigenvalue weighted by Crippen LogP contribution is -2.41. The molecule has 1 heterocycles. The van der Waals surface area contributed by atoms with Crippen LogP contribution in [0.15, 0.2) is 0 Å². The Morgan fingerprint density at radius 1 is 1.38 bits per heavy atom. The molecule has 0 atom stereocenters. The van der Waals surface area contributed by atoms with E-state index < -0.39 is 0 Å². The van der Waals surface area contributed by atoms with E-state index >= 15 is 0 Å². The van der Waals surface area contributed by atoms with Crippen molar-refractivity contribution in [3.63, 3.8) is 0 Å². The highest BCUT2D eigenvalue weighted by Crippen LogP contribution is 2.26. The molecule has 13 heavy (non-hydrogen) atoms. The van der Waals surface area contributed by atoms with E-state index in [0.29, 0.717) is 5.41 Å². The highest BCUT2D eigenvalue weighted by Gasteiger charge is 2.25. The van der Waals surface area contributed by atoms with E-state index in [-0.39, 0.29) is 0 Å². The van der Waals surface area contributed by atoms with Crippen molar-refractivity contribution >= 4 is 0 Å². The molecule has 1 aliphatic heterocycles. The van der Waals surface area contributed by atoms with Crippen molar-refractivity contribution in [2.75, 3.05) is 39.9 Å². The standard InChI is InChI=1S/C10H22N2O/c1-10(3-5-11-6-4-10)9-12-7-8-13-2/h11-12H,3-9H2,1-2H3. The van der Waals surface area contributed by atoms with Crippen LogP contribution in [0.1, 0.15) is 19.8 Å². The van der Waals surface area contributed by atoms with E-state index in [1.807, 2.05) is 0 Å². The van der Waals surface area contributed by atoms with Crippen LogP contribution in [0.25, 0.3) is 0 Å².